The van der Waals surface area contributed by atoms with E-state index in [1.807, 2.05) is 0 Å². The van der Waals surface area contributed by atoms with Gasteiger partial charge < -0.3 is 9.47 Å². The minimum absolute atomic E-state index is 0.157. The highest BCUT2D eigenvalue weighted by atomic mass is 16.7. The van der Waals surface area contributed by atoms with E-state index in [9.17, 15) is 9.59 Å². The van der Waals surface area contributed by atoms with Gasteiger partial charge in [-0.3, -0.25) is 9.59 Å². The third-order valence-electron chi connectivity index (χ3n) is 3.28. The lowest BCUT2D eigenvalue weighted by molar-refractivity contribution is -0.214. The van der Waals surface area contributed by atoms with Crippen molar-refractivity contribution in [2.24, 2.45) is 5.92 Å². The van der Waals surface area contributed by atoms with Crippen molar-refractivity contribution in [2.75, 3.05) is 0 Å². The molecule has 0 aromatic carbocycles. The summed E-state index contributed by atoms with van der Waals surface area (Å²) < 4.78 is 10.3. The summed E-state index contributed by atoms with van der Waals surface area (Å²) in [7, 11) is 0. The van der Waals surface area contributed by atoms with Crippen LogP contribution in [-0.4, -0.2) is 18.2 Å². The van der Waals surface area contributed by atoms with E-state index in [0.29, 0.717) is 0 Å². The second-order valence-electron chi connectivity index (χ2n) is 4.92. The Morgan fingerprint density at radius 2 is 1.56 bits per heavy atom. The highest BCUT2D eigenvalue weighted by Crippen LogP contribution is 2.26. The van der Waals surface area contributed by atoms with Gasteiger partial charge in [-0.1, -0.05) is 46.0 Å². The van der Waals surface area contributed by atoms with Crippen molar-refractivity contribution in [1.29, 1.82) is 0 Å². The maximum Gasteiger partial charge on any atom is 0.320 e. The minimum Gasteiger partial charge on any atom is -0.424 e. The molecule has 0 amide bonds. The topological polar surface area (TPSA) is 52.6 Å². The Morgan fingerprint density at radius 3 is 2.11 bits per heavy atom. The Bertz CT molecular complexity index is 259. The third-order valence-corrected chi connectivity index (χ3v) is 3.28. The molecule has 0 spiro atoms. The van der Waals surface area contributed by atoms with Gasteiger partial charge in [0.05, 0.1) is 0 Å². The standard InChI is InChI=1S/C14H24O4/c1-3-5-7-9-11(8-6-4-2)14-17-12(15)10-13(16)18-14/h11,14H,3-10H2,1-2H3. The molecule has 1 unspecified atom stereocenters. The smallest absolute Gasteiger partial charge is 0.320 e. The molecule has 1 fully saturated rings. The van der Waals surface area contributed by atoms with Crippen LogP contribution in [0.3, 0.4) is 0 Å². The van der Waals surface area contributed by atoms with Gasteiger partial charge in [0.15, 0.2) is 0 Å². The number of hydrogen-bond acceptors (Lipinski definition) is 4. The van der Waals surface area contributed by atoms with Crippen molar-refractivity contribution in [2.45, 2.75) is 71.5 Å². The first-order valence-corrected chi connectivity index (χ1v) is 7.06. The zero-order valence-corrected chi connectivity index (χ0v) is 11.4. The molecule has 18 heavy (non-hydrogen) atoms. The van der Waals surface area contributed by atoms with Crippen molar-refractivity contribution in [1.82, 2.24) is 0 Å². The maximum absolute atomic E-state index is 11.3. The van der Waals surface area contributed by atoms with Crippen LogP contribution in [0.15, 0.2) is 0 Å². The highest BCUT2D eigenvalue weighted by molar-refractivity contribution is 5.92. The average molecular weight is 256 g/mol. The van der Waals surface area contributed by atoms with Crippen LogP contribution in [0.4, 0.5) is 0 Å². The molecule has 1 heterocycles. The van der Waals surface area contributed by atoms with Gasteiger partial charge >= 0.3 is 11.9 Å². The molecule has 0 aliphatic carbocycles. The van der Waals surface area contributed by atoms with E-state index in [1.165, 1.54) is 0 Å². The van der Waals surface area contributed by atoms with E-state index >= 15 is 0 Å². The molecule has 4 heteroatoms. The number of esters is 2. The summed E-state index contributed by atoms with van der Waals surface area (Å²) in [5.74, 6) is -0.744. The van der Waals surface area contributed by atoms with Crippen molar-refractivity contribution < 1.29 is 19.1 Å². The van der Waals surface area contributed by atoms with Crippen molar-refractivity contribution in [3.05, 3.63) is 0 Å². The Balaban J connectivity index is 2.50. The van der Waals surface area contributed by atoms with E-state index < -0.39 is 18.2 Å². The lowest BCUT2D eigenvalue weighted by atomic mass is 9.94. The highest BCUT2D eigenvalue weighted by Gasteiger charge is 2.33. The van der Waals surface area contributed by atoms with Crippen molar-refractivity contribution in [3.63, 3.8) is 0 Å². The molecular formula is C14H24O4. The molecule has 0 radical (unpaired) electrons. The molecule has 1 rings (SSSR count). The number of rotatable bonds is 8. The quantitative estimate of drug-likeness (QED) is 0.380. The summed E-state index contributed by atoms with van der Waals surface area (Å²) in [4.78, 5) is 22.5. The number of cyclic esters (lactones) is 2. The van der Waals surface area contributed by atoms with E-state index in [4.69, 9.17) is 9.47 Å². The average Bonchev–Trinajstić information content (AvgIpc) is 2.32. The molecule has 4 nitrogen and oxygen atoms in total. The third kappa shape index (κ3) is 5.07. The Morgan fingerprint density at radius 1 is 1.00 bits per heavy atom. The minimum atomic E-state index is -0.651. The molecule has 1 atom stereocenters. The molecule has 1 aliphatic heterocycles. The fourth-order valence-electron chi connectivity index (χ4n) is 2.22. The summed E-state index contributed by atoms with van der Waals surface area (Å²) in [6, 6.07) is 0. The second-order valence-corrected chi connectivity index (χ2v) is 4.92. The van der Waals surface area contributed by atoms with Gasteiger partial charge in [0, 0.05) is 5.92 Å². The van der Waals surface area contributed by atoms with Crippen LogP contribution in [0.5, 0.6) is 0 Å². The summed E-state index contributed by atoms with van der Waals surface area (Å²) in [6.45, 7) is 4.28. The van der Waals surface area contributed by atoms with Crippen LogP contribution in [0.2, 0.25) is 0 Å². The van der Waals surface area contributed by atoms with Gasteiger partial charge in [-0.25, -0.2) is 0 Å². The number of hydrogen-bond donors (Lipinski definition) is 0. The summed E-state index contributed by atoms with van der Waals surface area (Å²) in [6.07, 6.45) is 6.60. The zero-order chi connectivity index (χ0) is 13.4. The number of ether oxygens (including phenoxy) is 2. The lowest BCUT2D eigenvalue weighted by Gasteiger charge is -2.29. The van der Waals surface area contributed by atoms with Crippen LogP contribution in [-0.2, 0) is 19.1 Å². The lowest BCUT2D eigenvalue weighted by Crippen LogP contribution is -2.37. The molecule has 0 aromatic rings. The number of carbonyl (C=O) groups is 2. The predicted octanol–water partition coefficient (Wildman–Crippen LogP) is 3.19. The fourth-order valence-corrected chi connectivity index (χ4v) is 2.22. The molecule has 1 aliphatic rings. The maximum atomic E-state index is 11.3. The van der Waals surface area contributed by atoms with Crippen molar-refractivity contribution in [3.8, 4) is 0 Å². The van der Waals surface area contributed by atoms with Crippen molar-refractivity contribution >= 4 is 11.9 Å². The van der Waals surface area contributed by atoms with Crippen LogP contribution >= 0.6 is 0 Å². The van der Waals surface area contributed by atoms with Crippen LogP contribution in [0.1, 0.15) is 65.2 Å². The zero-order valence-electron chi connectivity index (χ0n) is 11.4. The fraction of sp³-hybridized carbons (Fsp3) is 0.857. The summed E-state index contributed by atoms with van der Waals surface area (Å²) in [5, 5.41) is 0. The monoisotopic (exact) mass is 256 g/mol. The summed E-state index contributed by atoms with van der Waals surface area (Å²) in [5.41, 5.74) is 0. The van der Waals surface area contributed by atoms with Crippen LogP contribution in [0, 0.1) is 5.92 Å². The van der Waals surface area contributed by atoms with Gasteiger partial charge in [-0.05, 0) is 12.8 Å². The summed E-state index contributed by atoms with van der Waals surface area (Å²) >= 11 is 0. The van der Waals surface area contributed by atoms with E-state index in [0.717, 1.165) is 44.9 Å². The van der Waals surface area contributed by atoms with Gasteiger partial charge in [0.2, 0.25) is 6.29 Å². The van der Waals surface area contributed by atoms with Crippen LogP contribution < -0.4 is 0 Å². The predicted molar refractivity (Wildman–Crippen MR) is 67.7 cm³/mol. The number of carbonyl (C=O) groups excluding carboxylic acids is 2. The van der Waals surface area contributed by atoms with E-state index in [-0.39, 0.29) is 12.3 Å². The van der Waals surface area contributed by atoms with Crippen LogP contribution in [0.25, 0.3) is 0 Å². The molecular weight excluding hydrogens is 232 g/mol. The Labute approximate surface area is 109 Å². The van der Waals surface area contributed by atoms with E-state index in [2.05, 4.69) is 13.8 Å². The normalized spacial score (nSPS) is 18.3. The first-order valence-electron chi connectivity index (χ1n) is 7.06. The largest absolute Gasteiger partial charge is 0.424 e. The van der Waals surface area contributed by atoms with Gasteiger partial charge in [-0.15, -0.1) is 0 Å². The first-order chi connectivity index (χ1) is 8.67. The molecule has 0 bridgehead atoms. The Kier molecular flexibility index (Phi) is 6.76. The SMILES string of the molecule is CCCCCC(CCCC)C1OC(=O)CC(=O)O1. The molecule has 1 saturated heterocycles. The Hall–Kier alpha value is -1.06. The molecule has 104 valence electrons. The molecule has 0 aromatic heterocycles. The second kappa shape index (κ2) is 8.11. The number of unbranched alkanes of at least 4 members (excludes halogenated alkanes) is 3. The van der Waals surface area contributed by atoms with Gasteiger partial charge in [0.1, 0.15) is 6.42 Å². The van der Waals surface area contributed by atoms with Gasteiger partial charge in [0.25, 0.3) is 0 Å². The first kappa shape index (κ1) is 15.0. The van der Waals surface area contributed by atoms with E-state index in [1.54, 1.807) is 0 Å². The molecule has 0 saturated carbocycles. The van der Waals surface area contributed by atoms with Gasteiger partial charge in [-0.2, -0.15) is 0 Å². The molecule has 0 N–H and O–H groups in total.